The van der Waals surface area contributed by atoms with Crippen LogP contribution in [-0.2, 0) is 4.74 Å². The van der Waals surface area contributed by atoms with Gasteiger partial charge in [-0.3, -0.25) is 0 Å². The molecule has 0 bridgehead atoms. The summed E-state index contributed by atoms with van der Waals surface area (Å²) in [5.41, 5.74) is 7.21. The monoisotopic (exact) mass is 261 g/mol. The molecule has 19 heavy (non-hydrogen) atoms. The van der Waals surface area contributed by atoms with Gasteiger partial charge in [0.2, 0.25) is 0 Å². The normalized spacial score (nSPS) is 20.8. The Morgan fingerprint density at radius 1 is 1.21 bits per heavy atom. The van der Waals surface area contributed by atoms with E-state index in [0.29, 0.717) is 12.0 Å². The molecule has 1 N–H and O–H groups in total. The van der Waals surface area contributed by atoms with E-state index >= 15 is 0 Å². The third kappa shape index (κ3) is 2.85. The summed E-state index contributed by atoms with van der Waals surface area (Å²) in [6.07, 6.45) is 1.17. The highest BCUT2D eigenvalue weighted by Crippen LogP contribution is 2.35. The number of aryl methyl sites for hydroxylation is 2. The van der Waals surface area contributed by atoms with Crippen molar-refractivity contribution in [3.8, 4) is 0 Å². The van der Waals surface area contributed by atoms with Crippen molar-refractivity contribution in [3.63, 3.8) is 0 Å². The summed E-state index contributed by atoms with van der Waals surface area (Å²) in [5.74, 6) is 0.610. The fourth-order valence-electron chi connectivity index (χ4n) is 3.25. The first-order valence-corrected chi connectivity index (χ1v) is 7.44. The summed E-state index contributed by atoms with van der Waals surface area (Å²) in [5, 5.41) is 3.70. The molecule has 1 heterocycles. The zero-order chi connectivity index (χ0) is 14.0. The van der Waals surface area contributed by atoms with Crippen LogP contribution in [0.15, 0.2) is 6.07 Å². The summed E-state index contributed by atoms with van der Waals surface area (Å²) in [6, 6.07) is 2.74. The van der Waals surface area contributed by atoms with Crippen LogP contribution in [0.3, 0.4) is 0 Å². The summed E-state index contributed by atoms with van der Waals surface area (Å²) in [4.78, 5) is 0. The molecule has 2 rings (SSSR count). The van der Waals surface area contributed by atoms with E-state index in [9.17, 15) is 0 Å². The Bertz CT molecular complexity index is 421. The maximum Gasteiger partial charge on any atom is 0.0513 e. The molecule has 2 nitrogen and oxygen atoms in total. The van der Waals surface area contributed by atoms with Crippen LogP contribution >= 0.6 is 0 Å². The topological polar surface area (TPSA) is 21.3 Å². The Hall–Kier alpha value is -0.860. The van der Waals surface area contributed by atoms with Crippen LogP contribution in [0.1, 0.15) is 47.2 Å². The second-order valence-corrected chi connectivity index (χ2v) is 5.83. The van der Waals surface area contributed by atoms with Gasteiger partial charge in [-0.15, -0.1) is 0 Å². The Balaban J connectivity index is 2.46. The molecule has 0 radical (unpaired) electrons. The molecule has 1 aromatic rings. The van der Waals surface area contributed by atoms with Crippen LogP contribution in [-0.4, -0.2) is 19.8 Å². The van der Waals surface area contributed by atoms with Crippen LogP contribution in [0, 0.1) is 33.6 Å². The van der Waals surface area contributed by atoms with E-state index in [2.05, 4.69) is 46.0 Å². The predicted octanol–water partition coefficient (Wildman–Crippen LogP) is 3.61. The molecule has 0 aromatic heterocycles. The molecule has 2 unspecified atom stereocenters. The molecule has 2 atom stereocenters. The molecule has 1 saturated heterocycles. The third-order valence-electron chi connectivity index (χ3n) is 4.60. The number of hydrogen-bond acceptors (Lipinski definition) is 2. The predicted molar refractivity (Wildman–Crippen MR) is 80.7 cm³/mol. The minimum atomic E-state index is 0.436. The van der Waals surface area contributed by atoms with Crippen molar-refractivity contribution >= 4 is 0 Å². The summed E-state index contributed by atoms with van der Waals surface area (Å²) < 4.78 is 5.61. The first-order chi connectivity index (χ1) is 9.06. The van der Waals surface area contributed by atoms with Crippen molar-refractivity contribution in [2.24, 2.45) is 5.92 Å². The van der Waals surface area contributed by atoms with Crippen molar-refractivity contribution in [2.45, 2.75) is 47.1 Å². The first kappa shape index (κ1) is 14.5. The van der Waals surface area contributed by atoms with Crippen molar-refractivity contribution in [2.75, 3.05) is 19.8 Å². The summed E-state index contributed by atoms with van der Waals surface area (Å²) in [7, 11) is 0. The van der Waals surface area contributed by atoms with E-state index in [1.165, 1.54) is 34.2 Å². The van der Waals surface area contributed by atoms with E-state index in [4.69, 9.17) is 4.74 Å². The van der Waals surface area contributed by atoms with Crippen LogP contribution < -0.4 is 5.32 Å². The average Bonchev–Trinajstić information content (AvgIpc) is 2.89. The largest absolute Gasteiger partial charge is 0.381 e. The Labute approximate surface area is 117 Å². The first-order valence-electron chi connectivity index (χ1n) is 7.44. The third-order valence-corrected chi connectivity index (χ3v) is 4.60. The van der Waals surface area contributed by atoms with Crippen LogP contribution in [0.25, 0.3) is 0 Å². The molecule has 2 heteroatoms. The number of benzene rings is 1. The van der Waals surface area contributed by atoms with Gasteiger partial charge in [-0.25, -0.2) is 0 Å². The summed E-state index contributed by atoms with van der Waals surface area (Å²) in [6.45, 7) is 14.0. The highest BCUT2D eigenvalue weighted by molar-refractivity contribution is 5.46. The number of ether oxygens (including phenoxy) is 1. The lowest BCUT2D eigenvalue weighted by Gasteiger charge is -2.28. The number of hydrogen-bond donors (Lipinski definition) is 1. The molecule has 0 amide bonds. The lowest BCUT2D eigenvalue weighted by Crippen LogP contribution is -2.30. The van der Waals surface area contributed by atoms with Gasteiger partial charge in [0.05, 0.1) is 6.61 Å². The minimum Gasteiger partial charge on any atom is -0.381 e. The van der Waals surface area contributed by atoms with Gasteiger partial charge in [-0.05, 0) is 68.5 Å². The van der Waals surface area contributed by atoms with Gasteiger partial charge in [0.15, 0.2) is 0 Å². The molecular weight excluding hydrogens is 234 g/mol. The second-order valence-electron chi connectivity index (χ2n) is 5.83. The minimum absolute atomic E-state index is 0.436. The Morgan fingerprint density at radius 2 is 1.84 bits per heavy atom. The molecule has 0 saturated carbocycles. The number of nitrogens with one attached hydrogen (secondary N) is 1. The highest BCUT2D eigenvalue weighted by atomic mass is 16.5. The lowest BCUT2D eigenvalue weighted by atomic mass is 9.83. The molecule has 0 spiro atoms. The Morgan fingerprint density at radius 3 is 2.32 bits per heavy atom. The molecule has 1 fully saturated rings. The fourth-order valence-corrected chi connectivity index (χ4v) is 3.25. The molecule has 1 aromatic carbocycles. The van der Waals surface area contributed by atoms with Gasteiger partial charge in [0.25, 0.3) is 0 Å². The van der Waals surface area contributed by atoms with Crippen molar-refractivity contribution < 1.29 is 4.74 Å². The maximum atomic E-state index is 5.61. The SMILES string of the molecule is CCNC(c1c(C)c(C)cc(C)c1C)C1CCOC1. The Kier molecular flexibility index (Phi) is 4.64. The van der Waals surface area contributed by atoms with Gasteiger partial charge in [0.1, 0.15) is 0 Å². The van der Waals surface area contributed by atoms with Crippen LogP contribution in [0.4, 0.5) is 0 Å². The quantitative estimate of drug-likeness (QED) is 0.894. The van der Waals surface area contributed by atoms with Gasteiger partial charge in [-0.2, -0.15) is 0 Å². The van der Waals surface area contributed by atoms with Crippen molar-refractivity contribution in [1.29, 1.82) is 0 Å². The van der Waals surface area contributed by atoms with Gasteiger partial charge < -0.3 is 10.1 Å². The van der Waals surface area contributed by atoms with E-state index < -0.39 is 0 Å². The van der Waals surface area contributed by atoms with Crippen LogP contribution in [0.5, 0.6) is 0 Å². The van der Waals surface area contributed by atoms with E-state index in [-0.39, 0.29) is 0 Å². The highest BCUT2D eigenvalue weighted by Gasteiger charge is 2.29. The second kappa shape index (κ2) is 6.06. The zero-order valence-electron chi connectivity index (χ0n) is 13.0. The fraction of sp³-hybridized carbons (Fsp3) is 0.647. The number of rotatable bonds is 4. The van der Waals surface area contributed by atoms with Gasteiger partial charge >= 0.3 is 0 Å². The van der Waals surface area contributed by atoms with E-state index in [1.807, 2.05) is 0 Å². The van der Waals surface area contributed by atoms with E-state index in [1.54, 1.807) is 0 Å². The molecule has 1 aliphatic heterocycles. The summed E-state index contributed by atoms with van der Waals surface area (Å²) >= 11 is 0. The van der Waals surface area contributed by atoms with Crippen molar-refractivity contribution in [1.82, 2.24) is 5.32 Å². The lowest BCUT2D eigenvalue weighted by molar-refractivity contribution is 0.177. The molecule has 0 aliphatic carbocycles. The standard InChI is InChI=1S/C17H27NO/c1-6-18-17(15-7-8-19-10-15)16-13(4)11(2)9-12(3)14(16)5/h9,15,17-18H,6-8,10H2,1-5H3. The smallest absolute Gasteiger partial charge is 0.0513 e. The van der Waals surface area contributed by atoms with Crippen LogP contribution in [0.2, 0.25) is 0 Å². The molecular formula is C17H27NO. The zero-order valence-corrected chi connectivity index (χ0v) is 13.0. The maximum absolute atomic E-state index is 5.61. The molecule has 1 aliphatic rings. The molecule has 106 valence electrons. The van der Waals surface area contributed by atoms with Gasteiger partial charge in [0, 0.05) is 18.6 Å². The van der Waals surface area contributed by atoms with Crippen molar-refractivity contribution in [3.05, 3.63) is 33.9 Å². The van der Waals surface area contributed by atoms with Gasteiger partial charge in [-0.1, -0.05) is 13.0 Å². The average molecular weight is 261 g/mol. The van der Waals surface area contributed by atoms with E-state index in [0.717, 1.165) is 19.8 Å².